The van der Waals surface area contributed by atoms with E-state index in [1.165, 1.54) is 11.8 Å². The number of carbonyl (C=O) groups excluding carboxylic acids is 2. The van der Waals surface area contributed by atoms with Crippen molar-refractivity contribution in [2.45, 2.75) is 32.9 Å². The number of carbonyl (C=O) groups is 3. The van der Waals surface area contributed by atoms with Crippen LogP contribution in [-0.2, 0) is 9.59 Å². The first kappa shape index (κ1) is 15.2. The van der Waals surface area contributed by atoms with Gasteiger partial charge in [0.1, 0.15) is 12.1 Å². The highest BCUT2D eigenvalue weighted by atomic mass is 16.4. The van der Waals surface area contributed by atoms with E-state index in [9.17, 15) is 14.4 Å². The third-order valence-electron chi connectivity index (χ3n) is 2.29. The molecule has 0 saturated heterocycles. The molecule has 0 rings (SSSR count). The zero-order chi connectivity index (χ0) is 13.6. The molecule has 0 aliphatic rings. The monoisotopic (exact) mass is 245 g/mol. The number of urea groups is 1. The molecule has 0 bridgehead atoms. The average Bonchev–Trinajstić information content (AvgIpc) is 2.26. The van der Waals surface area contributed by atoms with E-state index in [2.05, 4.69) is 10.6 Å². The fourth-order valence-electron chi connectivity index (χ4n) is 1.04. The normalized spacial score (nSPS) is 13.4. The molecule has 3 N–H and O–H groups in total. The van der Waals surface area contributed by atoms with Crippen LogP contribution in [0.15, 0.2) is 0 Å². The molecule has 0 heterocycles. The molecule has 17 heavy (non-hydrogen) atoms. The Bertz CT molecular complexity index is 306. The Morgan fingerprint density at radius 2 is 1.65 bits per heavy atom. The molecule has 0 fully saturated rings. The van der Waals surface area contributed by atoms with Crippen LogP contribution < -0.4 is 10.6 Å². The van der Waals surface area contributed by atoms with E-state index in [4.69, 9.17) is 5.11 Å². The van der Waals surface area contributed by atoms with Crippen LogP contribution >= 0.6 is 0 Å². The lowest BCUT2D eigenvalue weighted by Gasteiger charge is -2.21. The summed E-state index contributed by atoms with van der Waals surface area (Å²) in [5.41, 5.74) is 0. The molecule has 3 amide bonds. The molecule has 0 aromatic heterocycles. The number of hydrogen-bond acceptors (Lipinski definition) is 3. The third kappa shape index (κ3) is 5.19. The Balaban J connectivity index is 4.21. The Morgan fingerprint density at radius 3 is 2.06 bits per heavy atom. The number of nitrogens with one attached hydrogen (secondary N) is 2. The smallest absolute Gasteiger partial charge is 0.325 e. The van der Waals surface area contributed by atoms with Gasteiger partial charge in [-0.2, -0.15) is 0 Å². The van der Waals surface area contributed by atoms with Gasteiger partial charge in [0.2, 0.25) is 5.91 Å². The van der Waals surface area contributed by atoms with Gasteiger partial charge in [0.25, 0.3) is 0 Å². The minimum Gasteiger partial charge on any atom is -0.480 e. The van der Waals surface area contributed by atoms with Gasteiger partial charge in [-0.3, -0.25) is 9.59 Å². The maximum absolute atomic E-state index is 11.6. The molecule has 0 radical (unpaired) electrons. The average molecular weight is 245 g/mol. The standard InChI is InChI=1S/C10H19N3O4/c1-5-13(4)8(14)6(2)11-10(17)12-7(3)9(15)16/h6-7H,5H2,1-4H3,(H,15,16)(H2,11,12,17)/t6?,7-/m0/s1. The highest BCUT2D eigenvalue weighted by Crippen LogP contribution is 1.91. The molecule has 2 atom stereocenters. The molecule has 0 spiro atoms. The van der Waals surface area contributed by atoms with Crippen LogP contribution in [-0.4, -0.2) is 53.6 Å². The quantitative estimate of drug-likeness (QED) is 0.615. The molecule has 0 aliphatic heterocycles. The number of likely N-dealkylation sites (N-methyl/N-ethyl adjacent to an activating group) is 1. The van der Waals surface area contributed by atoms with E-state index in [-0.39, 0.29) is 5.91 Å². The number of carboxylic acid groups (broad SMARTS) is 1. The molecule has 0 aliphatic carbocycles. The lowest BCUT2D eigenvalue weighted by Crippen LogP contribution is -2.51. The van der Waals surface area contributed by atoms with Gasteiger partial charge in [-0.25, -0.2) is 4.79 Å². The third-order valence-corrected chi connectivity index (χ3v) is 2.29. The van der Waals surface area contributed by atoms with E-state index in [1.807, 2.05) is 6.92 Å². The largest absolute Gasteiger partial charge is 0.480 e. The van der Waals surface area contributed by atoms with E-state index in [0.29, 0.717) is 6.54 Å². The van der Waals surface area contributed by atoms with Crippen LogP contribution in [0.4, 0.5) is 4.79 Å². The zero-order valence-corrected chi connectivity index (χ0v) is 10.5. The summed E-state index contributed by atoms with van der Waals surface area (Å²) < 4.78 is 0. The minimum atomic E-state index is -1.13. The SMILES string of the molecule is CCN(C)C(=O)C(C)NC(=O)N[C@@H](C)C(=O)O. The van der Waals surface area contributed by atoms with E-state index >= 15 is 0 Å². The van der Waals surface area contributed by atoms with Crippen LogP contribution in [0.1, 0.15) is 20.8 Å². The second-order valence-corrected chi connectivity index (χ2v) is 3.75. The summed E-state index contributed by atoms with van der Waals surface area (Å²) in [7, 11) is 1.62. The van der Waals surface area contributed by atoms with Crippen molar-refractivity contribution in [1.82, 2.24) is 15.5 Å². The number of carboxylic acids is 1. The maximum Gasteiger partial charge on any atom is 0.325 e. The highest BCUT2D eigenvalue weighted by molar-refractivity contribution is 5.88. The predicted molar refractivity (Wildman–Crippen MR) is 61.5 cm³/mol. The van der Waals surface area contributed by atoms with Gasteiger partial charge in [0.15, 0.2) is 0 Å². The van der Waals surface area contributed by atoms with E-state index < -0.39 is 24.1 Å². The number of nitrogens with zero attached hydrogens (tertiary/aromatic N) is 1. The lowest BCUT2D eigenvalue weighted by molar-refractivity contribution is -0.138. The fraction of sp³-hybridized carbons (Fsp3) is 0.700. The molecule has 1 unspecified atom stereocenters. The van der Waals surface area contributed by atoms with Gasteiger partial charge >= 0.3 is 12.0 Å². The van der Waals surface area contributed by atoms with Gasteiger partial charge in [-0.15, -0.1) is 0 Å². The highest BCUT2D eigenvalue weighted by Gasteiger charge is 2.20. The predicted octanol–water partition coefficient (Wildman–Crippen LogP) is -0.374. The van der Waals surface area contributed by atoms with Crippen LogP contribution in [0.3, 0.4) is 0 Å². The molecular weight excluding hydrogens is 226 g/mol. The summed E-state index contributed by atoms with van der Waals surface area (Å²) >= 11 is 0. The van der Waals surface area contributed by atoms with E-state index in [1.54, 1.807) is 14.0 Å². The molecule has 98 valence electrons. The zero-order valence-electron chi connectivity index (χ0n) is 10.5. The van der Waals surface area contributed by atoms with Crippen molar-refractivity contribution in [2.75, 3.05) is 13.6 Å². The number of rotatable bonds is 5. The molecular formula is C10H19N3O4. The van der Waals surface area contributed by atoms with Crippen LogP contribution in [0.2, 0.25) is 0 Å². The van der Waals surface area contributed by atoms with E-state index in [0.717, 1.165) is 0 Å². The summed E-state index contributed by atoms with van der Waals surface area (Å²) in [6.45, 7) is 5.24. The number of amides is 3. The van der Waals surface area contributed by atoms with Crippen molar-refractivity contribution in [1.29, 1.82) is 0 Å². The van der Waals surface area contributed by atoms with Crippen molar-refractivity contribution in [3.05, 3.63) is 0 Å². The second kappa shape index (κ2) is 6.72. The topological polar surface area (TPSA) is 98.7 Å². The van der Waals surface area contributed by atoms with Gasteiger partial charge < -0.3 is 20.6 Å². The number of aliphatic carboxylic acids is 1. The molecule has 7 nitrogen and oxygen atoms in total. The van der Waals surface area contributed by atoms with Crippen molar-refractivity contribution >= 4 is 17.9 Å². The molecule has 7 heteroatoms. The van der Waals surface area contributed by atoms with Gasteiger partial charge in [-0.1, -0.05) is 0 Å². The lowest BCUT2D eigenvalue weighted by atomic mass is 10.3. The summed E-state index contributed by atoms with van der Waals surface area (Å²) in [5, 5.41) is 13.2. The van der Waals surface area contributed by atoms with Crippen molar-refractivity contribution < 1.29 is 19.5 Å². The summed E-state index contributed by atoms with van der Waals surface area (Å²) in [6.07, 6.45) is 0. The Morgan fingerprint density at radius 1 is 1.18 bits per heavy atom. The van der Waals surface area contributed by atoms with Gasteiger partial charge in [0.05, 0.1) is 0 Å². The van der Waals surface area contributed by atoms with Gasteiger partial charge in [-0.05, 0) is 20.8 Å². The first-order chi connectivity index (χ1) is 7.79. The summed E-state index contributed by atoms with van der Waals surface area (Å²) in [6, 6.07) is -2.37. The first-order valence-corrected chi connectivity index (χ1v) is 5.34. The Kier molecular flexibility index (Phi) is 6.01. The molecule has 0 aromatic carbocycles. The summed E-state index contributed by atoms with van der Waals surface area (Å²) in [4.78, 5) is 34.9. The molecule has 0 aromatic rings. The van der Waals surface area contributed by atoms with Crippen LogP contribution in [0.25, 0.3) is 0 Å². The summed E-state index contributed by atoms with van der Waals surface area (Å²) in [5.74, 6) is -1.37. The van der Waals surface area contributed by atoms with Crippen LogP contribution in [0.5, 0.6) is 0 Å². The van der Waals surface area contributed by atoms with Crippen molar-refractivity contribution in [3.8, 4) is 0 Å². The minimum absolute atomic E-state index is 0.231. The second-order valence-electron chi connectivity index (χ2n) is 3.75. The van der Waals surface area contributed by atoms with Gasteiger partial charge in [0, 0.05) is 13.6 Å². The Hall–Kier alpha value is -1.79. The number of hydrogen-bond donors (Lipinski definition) is 3. The maximum atomic E-state index is 11.6. The van der Waals surface area contributed by atoms with Crippen molar-refractivity contribution in [3.63, 3.8) is 0 Å². The first-order valence-electron chi connectivity index (χ1n) is 5.34. The van der Waals surface area contributed by atoms with Crippen molar-refractivity contribution in [2.24, 2.45) is 0 Å². The molecule has 0 saturated carbocycles. The Labute approximate surface area is 100 Å². The van der Waals surface area contributed by atoms with Crippen LogP contribution in [0, 0.1) is 0 Å². The fourth-order valence-corrected chi connectivity index (χ4v) is 1.04.